The van der Waals surface area contributed by atoms with E-state index in [1.54, 1.807) is 12.1 Å². The van der Waals surface area contributed by atoms with Gasteiger partial charge in [-0.3, -0.25) is 4.90 Å². The molecule has 1 aromatic heterocycles. The minimum absolute atomic E-state index is 0.103. The van der Waals surface area contributed by atoms with Gasteiger partial charge in [0.25, 0.3) is 0 Å². The molecule has 0 radical (unpaired) electrons. The van der Waals surface area contributed by atoms with Gasteiger partial charge in [0.2, 0.25) is 5.82 Å². The average Bonchev–Trinajstić information content (AvgIpc) is 2.72. The summed E-state index contributed by atoms with van der Waals surface area (Å²) in [6.45, 7) is 6.71. The summed E-state index contributed by atoms with van der Waals surface area (Å²) in [6, 6.07) is 6.44. The molecule has 1 aromatic carbocycles. The number of benzene rings is 1. The first-order valence-electron chi connectivity index (χ1n) is 10.4. The number of carbonyl (C=O) groups is 1. The molecule has 168 valence electrons. The SMILES string of the molecule is CCOc1cc(CN2CCC(Nc3cc(C(=O)O)cc(Cl)n3)CC2)cc(OCC)c1F. The van der Waals surface area contributed by atoms with Crippen LogP contribution in [0.15, 0.2) is 24.3 Å². The Morgan fingerprint density at radius 3 is 2.35 bits per heavy atom. The van der Waals surface area contributed by atoms with Crippen LogP contribution >= 0.6 is 11.6 Å². The molecule has 3 rings (SSSR count). The van der Waals surface area contributed by atoms with Crippen LogP contribution in [0.25, 0.3) is 0 Å². The highest BCUT2D eigenvalue weighted by Gasteiger charge is 2.21. The van der Waals surface area contributed by atoms with Gasteiger partial charge in [-0.2, -0.15) is 4.39 Å². The van der Waals surface area contributed by atoms with Crippen LogP contribution in [0.1, 0.15) is 42.6 Å². The first-order chi connectivity index (χ1) is 14.9. The molecule has 0 atom stereocenters. The Labute approximate surface area is 186 Å². The molecule has 1 fully saturated rings. The summed E-state index contributed by atoms with van der Waals surface area (Å²) in [5.41, 5.74) is 1.04. The zero-order valence-electron chi connectivity index (χ0n) is 17.7. The Bertz CT molecular complexity index is 893. The highest BCUT2D eigenvalue weighted by Crippen LogP contribution is 2.30. The van der Waals surface area contributed by atoms with Crippen molar-refractivity contribution in [2.24, 2.45) is 0 Å². The first kappa shape index (κ1) is 23.1. The van der Waals surface area contributed by atoms with Gasteiger partial charge >= 0.3 is 5.97 Å². The number of rotatable bonds is 9. The van der Waals surface area contributed by atoms with Crippen molar-refractivity contribution in [3.63, 3.8) is 0 Å². The number of hydrogen-bond acceptors (Lipinski definition) is 6. The lowest BCUT2D eigenvalue weighted by Crippen LogP contribution is -2.38. The van der Waals surface area contributed by atoms with Crippen molar-refractivity contribution in [2.75, 3.05) is 31.6 Å². The molecule has 2 heterocycles. The van der Waals surface area contributed by atoms with Crippen LogP contribution in [-0.4, -0.2) is 53.3 Å². The van der Waals surface area contributed by atoms with Crippen LogP contribution in [0, 0.1) is 5.82 Å². The standard InChI is InChI=1S/C22H27ClFN3O4/c1-3-30-17-9-14(10-18(21(17)24)31-4-2)13-27-7-5-16(6-8-27)25-20-12-15(22(28)29)11-19(23)26-20/h9-12,16H,3-8,13H2,1-2H3,(H,25,26)(H,28,29). The molecule has 1 saturated heterocycles. The van der Waals surface area contributed by atoms with Gasteiger partial charge in [0.15, 0.2) is 11.5 Å². The molecule has 31 heavy (non-hydrogen) atoms. The zero-order chi connectivity index (χ0) is 22.4. The summed E-state index contributed by atoms with van der Waals surface area (Å²) < 4.78 is 25.3. The van der Waals surface area contributed by atoms with Crippen molar-refractivity contribution in [1.29, 1.82) is 0 Å². The Kier molecular flexibility index (Phi) is 7.92. The van der Waals surface area contributed by atoms with Crippen molar-refractivity contribution in [2.45, 2.75) is 39.3 Å². The number of nitrogens with one attached hydrogen (secondary N) is 1. The van der Waals surface area contributed by atoms with Crippen molar-refractivity contribution in [3.05, 3.63) is 46.4 Å². The van der Waals surface area contributed by atoms with E-state index in [2.05, 4.69) is 15.2 Å². The summed E-state index contributed by atoms with van der Waals surface area (Å²) >= 11 is 5.94. The maximum atomic E-state index is 14.4. The number of halogens is 2. The van der Waals surface area contributed by atoms with E-state index in [0.717, 1.165) is 31.5 Å². The van der Waals surface area contributed by atoms with E-state index >= 15 is 0 Å². The highest BCUT2D eigenvalue weighted by molar-refractivity contribution is 6.29. The van der Waals surface area contributed by atoms with E-state index in [0.29, 0.717) is 25.6 Å². The zero-order valence-corrected chi connectivity index (χ0v) is 18.4. The van der Waals surface area contributed by atoms with E-state index in [-0.39, 0.29) is 28.3 Å². The normalized spacial score (nSPS) is 15.0. The maximum Gasteiger partial charge on any atom is 0.335 e. The van der Waals surface area contributed by atoms with Crippen molar-refractivity contribution in [3.8, 4) is 11.5 Å². The average molecular weight is 452 g/mol. The number of nitrogens with zero attached hydrogens (tertiary/aromatic N) is 2. The fourth-order valence-corrected chi connectivity index (χ4v) is 3.84. The fraction of sp³-hybridized carbons (Fsp3) is 0.455. The second-order valence-electron chi connectivity index (χ2n) is 7.34. The smallest absolute Gasteiger partial charge is 0.335 e. The van der Waals surface area contributed by atoms with Gasteiger partial charge < -0.3 is 19.9 Å². The molecule has 0 aliphatic carbocycles. The van der Waals surface area contributed by atoms with Crippen molar-refractivity contribution in [1.82, 2.24) is 9.88 Å². The van der Waals surface area contributed by atoms with Crippen LogP contribution in [0.3, 0.4) is 0 Å². The van der Waals surface area contributed by atoms with Gasteiger partial charge in [-0.15, -0.1) is 0 Å². The molecule has 0 amide bonds. The fourth-order valence-electron chi connectivity index (χ4n) is 3.64. The van der Waals surface area contributed by atoms with E-state index in [1.165, 1.54) is 12.1 Å². The third-order valence-electron chi connectivity index (χ3n) is 5.05. The lowest BCUT2D eigenvalue weighted by atomic mass is 10.0. The van der Waals surface area contributed by atoms with Crippen molar-refractivity contribution < 1.29 is 23.8 Å². The first-order valence-corrected chi connectivity index (χ1v) is 10.7. The summed E-state index contributed by atoms with van der Waals surface area (Å²) in [5, 5.41) is 12.6. The van der Waals surface area contributed by atoms with E-state index in [4.69, 9.17) is 21.1 Å². The molecular formula is C22H27ClFN3O4. The predicted molar refractivity (Wildman–Crippen MR) is 117 cm³/mol. The molecule has 0 saturated carbocycles. The number of ether oxygens (including phenoxy) is 2. The third-order valence-corrected chi connectivity index (χ3v) is 5.25. The molecule has 1 aliphatic heterocycles. The van der Waals surface area contributed by atoms with Crippen LogP contribution in [0.4, 0.5) is 10.2 Å². The predicted octanol–water partition coefficient (Wildman–Crippen LogP) is 4.45. The maximum absolute atomic E-state index is 14.4. The largest absolute Gasteiger partial charge is 0.491 e. The Morgan fingerprint density at radius 1 is 1.19 bits per heavy atom. The van der Waals surface area contributed by atoms with Gasteiger partial charge in [-0.1, -0.05) is 11.6 Å². The Morgan fingerprint density at radius 2 is 1.81 bits per heavy atom. The van der Waals surface area contributed by atoms with Crippen LogP contribution < -0.4 is 14.8 Å². The number of hydrogen-bond donors (Lipinski definition) is 2. The van der Waals surface area contributed by atoms with Gasteiger partial charge in [0, 0.05) is 25.7 Å². The summed E-state index contributed by atoms with van der Waals surface area (Å²) in [6.07, 6.45) is 1.71. The number of carboxylic acid groups (broad SMARTS) is 1. The second kappa shape index (κ2) is 10.6. The third kappa shape index (κ3) is 6.21. The number of aromatic nitrogens is 1. The molecule has 1 aliphatic rings. The number of carboxylic acids is 1. The summed E-state index contributed by atoms with van der Waals surface area (Å²) in [4.78, 5) is 17.7. The van der Waals surface area contributed by atoms with Gasteiger partial charge in [0.05, 0.1) is 18.8 Å². The van der Waals surface area contributed by atoms with E-state index in [1.807, 2.05) is 13.8 Å². The number of pyridine rings is 1. The van der Waals surface area contributed by atoms with Gasteiger partial charge in [-0.25, -0.2) is 9.78 Å². The molecule has 0 unspecified atom stereocenters. The Balaban J connectivity index is 1.61. The van der Waals surface area contributed by atoms with Crippen LogP contribution in [0.5, 0.6) is 11.5 Å². The second-order valence-corrected chi connectivity index (χ2v) is 7.72. The highest BCUT2D eigenvalue weighted by atomic mass is 35.5. The summed E-state index contributed by atoms with van der Waals surface area (Å²) in [5.74, 6) is -0.628. The monoisotopic (exact) mass is 451 g/mol. The minimum atomic E-state index is -1.04. The molecule has 9 heteroatoms. The minimum Gasteiger partial charge on any atom is -0.491 e. The summed E-state index contributed by atoms with van der Waals surface area (Å²) in [7, 11) is 0. The molecule has 2 aromatic rings. The topological polar surface area (TPSA) is 83.9 Å². The number of piperidine rings is 1. The Hall–Kier alpha value is -2.58. The molecule has 2 N–H and O–H groups in total. The number of anilines is 1. The van der Waals surface area contributed by atoms with E-state index in [9.17, 15) is 14.3 Å². The lowest BCUT2D eigenvalue weighted by Gasteiger charge is -2.32. The molecule has 7 nitrogen and oxygen atoms in total. The molecule has 0 bridgehead atoms. The van der Waals surface area contributed by atoms with Crippen LogP contribution in [0.2, 0.25) is 5.15 Å². The molecule has 0 spiro atoms. The van der Waals surface area contributed by atoms with Gasteiger partial charge in [-0.05, 0) is 56.5 Å². The van der Waals surface area contributed by atoms with Crippen molar-refractivity contribution >= 4 is 23.4 Å². The lowest BCUT2D eigenvalue weighted by molar-refractivity contribution is 0.0696. The number of aromatic carboxylic acids is 1. The van der Waals surface area contributed by atoms with Crippen LogP contribution in [-0.2, 0) is 6.54 Å². The van der Waals surface area contributed by atoms with Gasteiger partial charge in [0.1, 0.15) is 11.0 Å². The molecular weight excluding hydrogens is 425 g/mol. The number of likely N-dealkylation sites (tertiary alicyclic amines) is 1. The quantitative estimate of drug-likeness (QED) is 0.545. The van der Waals surface area contributed by atoms with E-state index < -0.39 is 11.8 Å².